The first-order valence-corrected chi connectivity index (χ1v) is 15.9. The number of para-hydroxylation sites is 1. The summed E-state index contributed by atoms with van der Waals surface area (Å²) in [5.41, 5.74) is 8.35. The molecule has 0 unspecified atom stereocenters. The van der Waals surface area contributed by atoms with Gasteiger partial charge in [0.05, 0.1) is 12.4 Å². The number of pyridine rings is 1. The third-order valence-corrected chi connectivity index (χ3v) is 9.97. The van der Waals surface area contributed by atoms with Crippen molar-refractivity contribution in [2.45, 2.75) is 40.0 Å². The van der Waals surface area contributed by atoms with E-state index in [2.05, 4.69) is 129 Å². The summed E-state index contributed by atoms with van der Waals surface area (Å²) in [5, 5.41) is 5.47. The Morgan fingerprint density at radius 1 is 0.762 bits per heavy atom. The Labute approximate surface area is 255 Å². The number of nitrogens with zero attached hydrogens (tertiary/aromatic N) is 3. The van der Waals surface area contributed by atoms with Gasteiger partial charge in [-0.3, -0.25) is 4.98 Å². The van der Waals surface area contributed by atoms with Crippen molar-refractivity contribution < 1.29 is 4.74 Å². The van der Waals surface area contributed by atoms with Crippen molar-refractivity contribution in [1.29, 1.82) is 0 Å². The number of ether oxygens (including phenoxy) is 1. The number of allylic oxidation sites excluding steroid dienone is 2. The van der Waals surface area contributed by atoms with Crippen LogP contribution in [0.2, 0.25) is 0 Å². The number of hydrogen-bond acceptors (Lipinski definition) is 6. The summed E-state index contributed by atoms with van der Waals surface area (Å²) in [6, 6.07) is 30.1. The van der Waals surface area contributed by atoms with Crippen LogP contribution in [0.4, 0.5) is 11.4 Å². The fourth-order valence-corrected chi connectivity index (χ4v) is 7.57. The van der Waals surface area contributed by atoms with Crippen LogP contribution in [0.3, 0.4) is 0 Å². The highest BCUT2D eigenvalue weighted by atomic mass is 32.1. The van der Waals surface area contributed by atoms with E-state index in [0.717, 1.165) is 28.9 Å². The van der Waals surface area contributed by atoms with E-state index in [9.17, 15) is 0 Å². The molecular weight excluding hydrogens is 555 g/mol. The van der Waals surface area contributed by atoms with Crippen molar-refractivity contribution in [2.75, 3.05) is 16.5 Å². The van der Waals surface area contributed by atoms with Crippen LogP contribution in [0.1, 0.15) is 40.2 Å². The fraction of sp³-hybridized carbons (Fsp3) is 0.194. The monoisotopic (exact) mass is 587 g/mol. The molecule has 0 saturated heterocycles. The molecule has 4 nitrogen and oxygen atoms in total. The maximum Gasteiger partial charge on any atom is 0.182 e. The van der Waals surface area contributed by atoms with Crippen molar-refractivity contribution in [3.63, 3.8) is 0 Å². The molecule has 0 N–H and O–H groups in total. The number of rotatable bonds is 5. The Bertz CT molecular complexity index is 1960. The van der Waals surface area contributed by atoms with Gasteiger partial charge in [0, 0.05) is 66.8 Å². The van der Waals surface area contributed by atoms with Gasteiger partial charge < -0.3 is 14.5 Å². The third kappa shape index (κ3) is 4.75. The molecule has 3 aromatic heterocycles. The molecule has 0 spiro atoms. The van der Waals surface area contributed by atoms with Crippen LogP contribution in [0.5, 0.6) is 10.8 Å². The molecule has 0 fully saturated rings. The molecule has 4 heterocycles. The van der Waals surface area contributed by atoms with Gasteiger partial charge in [0.15, 0.2) is 5.06 Å². The topological polar surface area (TPSA) is 28.6 Å². The largest absolute Gasteiger partial charge is 0.447 e. The van der Waals surface area contributed by atoms with Gasteiger partial charge in [-0.1, -0.05) is 56.4 Å². The lowest BCUT2D eigenvalue weighted by Gasteiger charge is -2.24. The highest BCUT2D eigenvalue weighted by Gasteiger charge is 2.26. The molecule has 42 heavy (non-hydrogen) atoms. The van der Waals surface area contributed by atoms with Gasteiger partial charge in [0.2, 0.25) is 0 Å². The first-order valence-electron chi connectivity index (χ1n) is 14.2. The quantitative estimate of drug-likeness (QED) is 0.201. The zero-order valence-electron chi connectivity index (χ0n) is 24.5. The summed E-state index contributed by atoms with van der Waals surface area (Å²) in [4.78, 5) is 9.55. The van der Waals surface area contributed by atoms with Gasteiger partial charge in [-0.15, -0.1) is 11.3 Å². The van der Waals surface area contributed by atoms with Crippen molar-refractivity contribution in [3.8, 4) is 22.1 Å². The standard InChI is InChI=1S/C36H33N3OS2/c1-23-24(2)39(22-38(23)26-10-7-6-8-11-26)27-12-9-13-28(19-27)40-34-20-30-33(42-34)21-32-29(15-17-41-32)35(30)31-18-25(14-16-37-31)36(3,4)5/h6-21H,22H2,1-5H3. The van der Waals surface area contributed by atoms with Gasteiger partial charge >= 0.3 is 0 Å². The summed E-state index contributed by atoms with van der Waals surface area (Å²) < 4.78 is 9.03. The molecule has 0 amide bonds. The fourth-order valence-electron chi connectivity index (χ4n) is 5.68. The molecule has 0 radical (unpaired) electrons. The predicted molar refractivity (Wildman–Crippen MR) is 180 cm³/mol. The molecular formula is C36H33N3OS2. The number of anilines is 2. The Kier molecular flexibility index (Phi) is 6.56. The Morgan fingerprint density at radius 2 is 1.52 bits per heavy atom. The molecule has 3 aromatic carbocycles. The van der Waals surface area contributed by atoms with Gasteiger partial charge in [-0.05, 0) is 78.7 Å². The second-order valence-corrected chi connectivity index (χ2v) is 13.8. The molecule has 0 atom stereocenters. The maximum atomic E-state index is 6.55. The van der Waals surface area contributed by atoms with Crippen molar-refractivity contribution >= 4 is 54.2 Å². The van der Waals surface area contributed by atoms with Gasteiger partial charge in [-0.2, -0.15) is 0 Å². The first-order chi connectivity index (χ1) is 20.3. The van der Waals surface area contributed by atoms with E-state index in [1.54, 1.807) is 22.7 Å². The second-order valence-electron chi connectivity index (χ2n) is 11.8. The average Bonchev–Trinajstić information content (AvgIpc) is 3.69. The van der Waals surface area contributed by atoms with Crippen molar-refractivity contribution in [1.82, 2.24) is 4.98 Å². The summed E-state index contributed by atoms with van der Waals surface area (Å²) in [6.45, 7) is 11.9. The average molecular weight is 588 g/mol. The normalized spacial score (nSPS) is 14.0. The molecule has 210 valence electrons. The van der Waals surface area contributed by atoms with E-state index in [4.69, 9.17) is 9.72 Å². The Hall–Kier alpha value is -4.13. The van der Waals surface area contributed by atoms with Crippen LogP contribution in [-0.4, -0.2) is 11.7 Å². The van der Waals surface area contributed by atoms with Crippen molar-refractivity contribution in [2.24, 2.45) is 0 Å². The zero-order valence-corrected chi connectivity index (χ0v) is 26.1. The van der Waals surface area contributed by atoms with Gasteiger partial charge in [0.1, 0.15) is 5.75 Å². The minimum absolute atomic E-state index is 0.0484. The molecule has 7 rings (SSSR count). The van der Waals surface area contributed by atoms with Crippen LogP contribution in [-0.2, 0) is 5.41 Å². The Morgan fingerprint density at radius 3 is 2.31 bits per heavy atom. The molecule has 0 bridgehead atoms. The number of fused-ring (bicyclic) bond motifs is 2. The number of benzene rings is 3. The number of thiophene rings is 2. The maximum absolute atomic E-state index is 6.55. The van der Waals surface area contributed by atoms with Crippen LogP contribution in [0.15, 0.2) is 108 Å². The van der Waals surface area contributed by atoms with E-state index in [0.29, 0.717) is 0 Å². The molecule has 1 aliphatic rings. The molecule has 0 saturated carbocycles. The second kappa shape index (κ2) is 10.3. The lowest BCUT2D eigenvalue weighted by molar-refractivity contribution is 0.497. The summed E-state index contributed by atoms with van der Waals surface area (Å²) in [5.74, 6) is 0.832. The van der Waals surface area contributed by atoms with E-state index in [1.165, 1.54) is 48.4 Å². The van der Waals surface area contributed by atoms with E-state index in [-0.39, 0.29) is 5.41 Å². The lowest BCUT2D eigenvalue weighted by atomic mass is 9.86. The van der Waals surface area contributed by atoms with Gasteiger partial charge in [-0.25, -0.2) is 0 Å². The highest BCUT2D eigenvalue weighted by Crippen LogP contribution is 2.45. The molecule has 1 aliphatic heterocycles. The van der Waals surface area contributed by atoms with Crippen LogP contribution in [0, 0.1) is 0 Å². The summed E-state index contributed by atoms with van der Waals surface area (Å²) in [6.07, 6.45) is 1.94. The summed E-state index contributed by atoms with van der Waals surface area (Å²) in [7, 11) is 0. The van der Waals surface area contributed by atoms with E-state index in [1.807, 2.05) is 12.3 Å². The smallest absolute Gasteiger partial charge is 0.182 e. The number of hydrogen-bond donors (Lipinski definition) is 0. The zero-order chi connectivity index (χ0) is 29.0. The highest BCUT2D eigenvalue weighted by molar-refractivity contribution is 7.22. The first kappa shape index (κ1) is 26.7. The molecule has 6 aromatic rings. The van der Waals surface area contributed by atoms with E-state index >= 15 is 0 Å². The molecule has 0 aliphatic carbocycles. The van der Waals surface area contributed by atoms with Gasteiger partial charge in [0.25, 0.3) is 0 Å². The SMILES string of the molecule is CC1=C(C)N(c2cccc(Oc3cc4c(-c5cc(C(C)(C)C)ccn5)c5ccsc5cc4s3)c2)CN1c1ccccc1. The minimum Gasteiger partial charge on any atom is -0.447 e. The van der Waals surface area contributed by atoms with Crippen molar-refractivity contribution in [3.05, 3.63) is 113 Å². The molecule has 6 heteroatoms. The minimum atomic E-state index is 0.0484. The number of aromatic nitrogens is 1. The lowest BCUT2D eigenvalue weighted by Crippen LogP contribution is -2.26. The summed E-state index contributed by atoms with van der Waals surface area (Å²) >= 11 is 3.46. The van der Waals surface area contributed by atoms with Crippen LogP contribution < -0.4 is 14.5 Å². The third-order valence-electron chi connectivity index (χ3n) is 8.15. The van der Waals surface area contributed by atoms with Crippen LogP contribution >= 0.6 is 22.7 Å². The predicted octanol–water partition coefficient (Wildman–Crippen LogP) is 10.8. The van der Waals surface area contributed by atoms with E-state index < -0.39 is 0 Å². The van der Waals surface area contributed by atoms with Crippen LogP contribution in [0.25, 0.3) is 31.4 Å². The Balaban J connectivity index is 1.23.